The molecule has 0 atom stereocenters. The summed E-state index contributed by atoms with van der Waals surface area (Å²) >= 11 is 5.93. The lowest BCUT2D eigenvalue weighted by molar-refractivity contribution is -0.387. The van der Waals surface area contributed by atoms with Crippen LogP contribution in [0.4, 0.5) is 10.1 Å². The third-order valence-electron chi connectivity index (χ3n) is 3.05. The van der Waals surface area contributed by atoms with Crippen molar-refractivity contribution < 1.29 is 14.1 Å². The van der Waals surface area contributed by atoms with Crippen LogP contribution in [0.2, 0.25) is 5.02 Å². The first-order valence-electron chi connectivity index (χ1n) is 6.21. The molecule has 0 aliphatic heterocycles. The number of halogens is 2. The van der Waals surface area contributed by atoms with Gasteiger partial charge in [-0.05, 0) is 37.1 Å². The first-order valence-corrected chi connectivity index (χ1v) is 6.59. The van der Waals surface area contributed by atoms with Crippen LogP contribution in [0.3, 0.4) is 0 Å². The maximum absolute atomic E-state index is 13.9. The summed E-state index contributed by atoms with van der Waals surface area (Å²) in [5.41, 5.74) is 1.23. The second-order valence-corrected chi connectivity index (χ2v) is 5.10. The molecule has 0 heterocycles. The number of benzene rings is 2. The second kappa shape index (κ2) is 6.10. The van der Waals surface area contributed by atoms with Gasteiger partial charge in [-0.15, -0.1) is 0 Å². The first kappa shape index (κ1) is 15.3. The predicted octanol–water partition coefficient (Wildman–Crippen LogP) is 4.58. The van der Waals surface area contributed by atoms with E-state index in [9.17, 15) is 14.5 Å². The van der Waals surface area contributed by atoms with Crippen molar-refractivity contribution in [1.82, 2.24) is 0 Å². The Morgan fingerprint density at radius 1 is 1.29 bits per heavy atom. The van der Waals surface area contributed by atoms with Crippen molar-refractivity contribution in [3.05, 3.63) is 68.0 Å². The molecule has 0 bridgehead atoms. The normalized spacial score (nSPS) is 10.5. The molecule has 2 aromatic rings. The summed E-state index contributed by atoms with van der Waals surface area (Å²) in [5.74, 6) is -0.267. The number of aryl methyl sites for hydroxylation is 2. The molecule has 110 valence electrons. The summed E-state index contributed by atoms with van der Waals surface area (Å²) < 4.78 is 19.6. The molecule has 0 aliphatic rings. The molecule has 0 aliphatic carbocycles. The van der Waals surface area contributed by atoms with Gasteiger partial charge in [-0.1, -0.05) is 23.7 Å². The molecule has 0 radical (unpaired) electrons. The van der Waals surface area contributed by atoms with E-state index in [4.69, 9.17) is 16.3 Å². The standard InChI is InChI=1S/C15H13ClFNO3/c1-9-6-12(16)7-10(2)15(9)21-8-11-4-3-5-13(14(11)17)18(19)20/h3-7H,8H2,1-2H3. The molecule has 0 amide bonds. The van der Waals surface area contributed by atoms with Crippen LogP contribution in [0.1, 0.15) is 16.7 Å². The lowest BCUT2D eigenvalue weighted by Crippen LogP contribution is -2.03. The second-order valence-electron chi connectivity index (χ2n) is 4.66. The van der Waals surface area contributed by atoms with Gasteiger partial charge in [-0.3, -0.25) is 10.1 Å². The molecule has 0 N–H and O–H groups in total. The van der Waals surface area contributed by atoms with Crippen molar-refractivity contribution in [2.45, 2.75) is 20.5 Å². The number of hydrogen-bond donors (Lipinski definition) is 0. The largest absolute Gasteiger partial charge is 0.488 e. The van der Waals surface area contributed by atoms with Crippen LogP contribution in [-0.2, 0) is 6.61 Å². The topological polar surface area (TPSA) is 52.4 Å². The van der Waals surface area contributed by atoms with E-state index in [1.807, 2.05) is 13.8 Å². The van der Waals surface area contributed by atoms with Gasteiger partial charge in [0.2, 0.25) is 5.82 Å². The highest BCUT2D eigenvalue weighted by Crippen LogP contribution is 2.28. The van der Waals surface area contributed by atoms with E-state index < -0.39 is 16.4 Å². The zero-order valence-electron chi connectivity index (χ0n) is 11.5. The van der Waals surface area contributed by atoms with Gasteiger partial charge in [0, 0.05) is 16.7 Å². The van der Waals surface area contributed by atoms with Crippen LogP contribution in [0.25, 0.3) is 0 Å². The van der Waals surface area contributed by atoms with Crippen molar-refractivity contribution in [3.8, 4) is 5.75 Å². The highest BCUT2D eigenvalue weighted by Gasteiger charge is 2.18. The van der Waals surface area contributed by atoms with Gasteiger partial charge in [-0.25, -0.2) is 0 Å². The summed E-state index contributed by atoms with van der Waals surface area (Å²) in [4.78, 5) is 9.95. The van der Waals surface area contributed by atoms with Gasteiger partial charge < -0.3 is 4.74 Å². The Balaban J connectivity index is 2.25. The Kier molecular flexibility index (Phi) is 4.43. The van der Waals surface area contributed by atoms with Crippen molar-refractivity contribution in [1.29, 1.82) is 0 Å². The van der Waals surface area contributed by atoms with Crippen molar-refractivity contribution in [3.63, 3.8) is 0 Å². The van der Waals surface area contributed by atoms with Gasteiger partial charge in [0.15, 0.2) is 0 Å². The summed E-state index contributed by atoms with van der Waals surface area (Å²) in [6.07, 6.45) is 0. The number of nitro benzene ring substituents is 1. The molecule has 0 saturated carbocycles. The Bertz CT molecular complexity index is 680. The summed E-state index contributed by atoms with van der Waals surface area (Å²) in [5, 5.41) is 11.3. The molecular formula is C15H13ClFNO3. The van der Waals surface area contributed by atoms with E-state index in [0.717, 1.165) is 17.2 Å². The van der Waals surface area contributed by atoms with E-state index in [-0.39, 0.29) is 12.2 Å². The number of nitro groups is 1. The molecule has 21 heavy (non-hydrogen) atoms. The van der Waals surface area contributed by atoms with E-state index in [0.29, 0.717) is 10.8 Å². The molecule has 0 aromatic heterocycles. The molecule has 4 nitrogen and oxygen atoms in total. The Morgan fingerprint density at radius 3 is 2.48 bits per heavy atom. The summed E-state index contributed by atoms with van der Waals surface area (Å²) in [6, 6.07) is 7.50. The maximum Gasteiger partial charge on any atom is 0.305 e. The fourth-order valence-corrected chi connectivity index (χ4v) is 2.42. The Labute approximate surface area is 126 Å². The zero-order chi connectivity index (χ0) is 15.6. The smallest absolute Gasteiger partial charge is 0.305 e. The van der Waals surface area contributed by atoms with E-state index >= 15 is 0 Å². The summed E-state index contributed by atoms with van der Waals surface area (Å²) in [6.45, 7) is 3.58. The van der Waals surface area contributed by atoms with Crippen LogP contribution >= 0.6 is 11.6 Å². The molecule has 0 unspecified atom stereocenters. The van der Waals surface area contributed by atoms with E-state index in [2.05, 4.69) is 0 Å². The fraction of sp³-hybridized carbons (Fsp3) is 0.200. The van der Waals surface area contributed by atoms with Gasteiger partial charge in [0.05, 0.1) is 4.92 Å². The molecule has 0 fully saturated rings. The minimum absolute atomic E-state index is 0.0865. The number of nitrogens with zero attached hydrogens (tertiary/aromatic N) is 1. The third kappa shape index (κ3) is 3.31. The number of rotatable bonds is 4. The van der Waals surface area contributed by atoms with E-state index in [1.165, 1.54) is 12.1 Å². The minimum atomic E-state index is -0.869. The average Bonchev–Trinajstić information content (AvgIpc) is 2.38. The lowest BCUT2D eigenvalue weighted by Gasteiger charge is -2.13. The minimum Gasteiger partial charge on any atom is -0.488 e. The highest BCUT2D eigenvalue weighted by molar-refractivity contribution is 6.30. The fourth-order valence-electron chi connectivity index (χ4n) is 2.09. The number of ether oxygens (including phenoxy) is 1. The van der Waals surface area contributed by atoms with Crippen LogP contribution in [0, 0.1) is 29.8 Å². The third-order valence-corrected chi connectivity index (χ3v) is 3.27. The molecule has 2 rings (SSSR count). The van der Waals surface area contributed by atoms with Gasteiger partial charge in [-0.2, -0.15) is 4.39 Å². The molecule has 0 spiro atoms. The highest BCUT2D eigenvalue weighted by atomic mass is 35.5. The Hall–Kier alpha value is -2.14. The first-order chi connectivity index (χ1) is 9.90. The van der Waals surface area contributed by atoms with E-state index in [1.54, 1.807) is 12.1 Å². The Morgan fingerprint density at radius 2 is 1.90 bits per heavy atom. The van der Waals surface area contributed by atoms with Crippen molar-refractivity contribution >= 4 is 17.3 Å². The maximum atomic E-state index is 13.9. The summed E-state index contributed by atoms with van der Waals surface area (Å²) in [7, 11) is 0. The zero-order valence-corrected chi connectivity index (χ0v) is 12.3. The number of hydrogen-bond acceptors (Lipinski definition) is 3. The molecule has 6 heteroatoms. The lowest BCUT2D eigenvalue weighted by atomic mass is 10.1. The van der Waals surface area contributed by atoms with Crippen LogP contribution in [0.5, 0.6) is 5.75 Å². The molecule has 2 aromatic carbocycles. The SMILES string of the molecule is Cc1cc(Cl)cc(C)c1OCc1cccc([N+](=O)[O-])c1F. The van der Waals surface area contributed by atoms with Crippen molar-refractivity contribution in [2.24, 2.45) is 0 Å². The van der Waals surface area contributed by atoms with Crippen LogP contribution < -0.4 is 4.74 Å². The van der Waals surface area contributed by atoms with Crippen LogP contribution in [-0.4, -0.2) is 4.92 Å². The molecular weight excluding hydrogens is 297 g/mol. The molecule has 0 saturated heterocycles. The van der Waals surface area contributed by atoms with Gasteiger partial charge in [0.1, 0.15) is 12.4 Å². The monoisotopic (exact) mass is 309 g/mol. The van der Waals surface area contributed by atoms with Crippen molar-refractivity contribution in [2.75, 3.05) is 0 Å². The van der Waals surface area contributed by atoms with Gasteiger partial charge >= 0.3 is 5.69 Å². The van der Waals surface area contributed by atoms with Gasteiger partial charge in [0.25, 0.3) is 0 Å². The average molecular weight is 310 g/mol. The van der Waals surface area contributed by atoms with Crippen LogP contribution in [0.15, 0.2) is 30.3 Å². The quantitative estimate of drug-likeness (QED) is 0.613. The predicted molar refractivity (Wildman–Crippen MR) is 78.3 cm³/mol.